The van der Waals surface area contributed by atoms with Gasteiger partial charge in [0, 0.05) is 18.5 Å². The summed E-state index contributed by atoms with van der Waals surface area (Å²) in [5, 5.41) is 1.10. The molecule has 0 N–H and O–H groups in total. The van der Waals surface area contributed by atoms with Crippen LogP contribution in [0.4, 0.5) is 0 Å². The molecule has 0 atom stereocenters. The number of rotatable bonds is 13. The molecule has 0 rings (SSSR count). The zero-order valence-corrected chi connectivity index (χ0v) is 13.6. The van der Waals surface area contributed by atoms with Crippen molar-refractivity contribution in [2.45, 2.75) is 65.1 Å². The summed E-state index contributed by atoms with van der Waals surface area (Å²) in [5.41, 5.74) is 0. The average Bonchev–Trinajstić information content (AvgIpc) is 2.37. The van der Waals surface area contributed by atoms with E-state index in [0.717, 1.165) is 25.0 Å². The van der Waals surface area contributed by atoms with Crippen LogP contribution in [0.1, 0.15) is 58.8 Å². The first-order valence-corrected chi connectivity index (χ1v) is 8.41. The molecule has 0 saturated carbocycles. The van der Waals surface area contributed by atoms with Crippen LogP contribution >= 0.6 is 15.9 Å². The summed E-state index contributed by atoms with van der Waals surface area (Å²) in [7, 11) is 0. The molecule has 0 aromatic heterocycles. The fraction of sp³-hybridized carbons (Fsp3) is 0.867. The van der Waals surface area contributed by atoms with E-state index >= 15 is 0 Å². The van der Waals surface area contributed by atoms with Crippen molar-refractivity contribution in [3.63, 3.8) is 0 Å². The molecule has 3 heteroatoms. The lowest BCUT2D eigenvalue weighted by Crippen LogP contribution is -2.17. The van der Waals surface area contributed by atoms with Gasteiger partial charge in [-0.1, -0.05) is 34.5 Å². The highest BCUT2D eigenvalue weighted by Gasteiger charge is 2.06. The quantitative estimate of drug-likeness (QED) is 0.204. The van der Waals surface area contributed by atoms with Gasteiger partial charge in [0.05, 0.1) is 0 Å². The van der Waals surface area contributed by atoms with Gasteiger partial charge >= 0.3 is 0 Å². The largest absolute Gasteiger partial charge is 0.353 e. The molecule has 2 nitrogen and oxygen atoms in total. The van der Waals surface area contributed by atoms with Crippen LogP contribution in [0.2, 0.25) is 0 Å². The second-order valence-electron chi connectivity index (χ2n) is 4.28. The van der Waals surface area contributed by atoms with Gasteiger partial charge in [-0.15, -0.1) is 0 Å². The van der Waals surface area contributed by atoms with E-state index in [4.69, 9.17) is 9.47 Å². The molecule has 0 unspecified atom stereocenters. The molecule has 0 radical (unpaired) electrons. The molecule has 108 valence electrons. The Hall–Kier alpha value is 0.140. The number of alkyl halides is 1. The van der Waals surface area contributed by atoms with Gasteiger partial charge < -0.3 is 9.47 Å². The van der Waals surface area contributed by atoms with Crippen molar-refractivity contribution in [3.05, 3.63) is 12.2 Å². The highest BCUT2D eigenvalue weighted by molar-refractivity contribution is 9.09. The minimum Gasteiger partial charge on any atom is -0.353 e. The average molecular weight is 321 g/mol. The first-order valence-electron chi connectivity index (χ1n) is 7.29. The SMILES string of the molecule is CCOC(CCCCC/C=C\CCCBr)OCC. The Labute approximate surface area is 121 Å². The number of unbranched alkanes of at least 4 members (excludes halogenated alkanes) is 4. The minimum absolute atomic E-state index is 0.00877. The zero-order valence-electron chi connectivity index (χ0n) is 12.0. The predicted molar refractivity (Wildman–Crippen MR) is 82.3 cm³/mol. The number of ether oxygens (including phenoxy) is 2. The molecule has 0 heterocycles. The summed E-state index contributed by atoms with van der Waals surface area (Å²) in [4.78, 5) is 0. The summed E-state index contributed by atoms with van der Waals surface area (Å²) in [6.07, 6.45) is 13.0. The Morgan fingerprint density at radius 3 is 2.06 bits per heavy atom. The van der Waals surface area contributed by atoms with Crippen LogP contribution in [0.3, 0.4) is 0 Å². The third-order valence-electron chi connectivity index (χ3n) is 2.69. The van der Waals surface area contributed by atoms with Crippen molar-refractivity contribution in [1.29, 1.82) is 0 Å². The third kappa shape index (κ3) is 12.6. The van der Waals surface area contributed by atoms with E-state index in [1.165, 1.54) is 38.5 Å². The molecule has 18 heavy (non-hydrogen) atoms. The van der Waals surface area contributed by atoms with Crippen LogP contribution < -0.4 is 0 Å². The Balaban J connectivity index is 3.34. The van der Waals surface area contributed by atoms with Gasteiger partial charge in [0.25, 0.3) is 0 Å². The molecule has 0 aliphatic carbocycles. The standard InChI is InChI=1S/C15H29BrO2/c1-3-17-15(18-4-2)13-11-9-7-5-6-8-10-12-14-16/h6,8,15H,3-5,7,9-14H2,1-2H3/b8-6-. The molecular weight excluding hydrogens is 292 g/mol. The lowest BCUT2D eigenvalue weighted by atomic mass is 10.1. The first kappa shape index (κ1) is 18.1. The van der Waals surface area contributed by atoms with Crippen molar-refractivity contribution in [2.24, 2.45) is 0 Å². The molecule has 0 spiro atoms. The van der Waals surface area contributed by atoms with E-state index in [1.807, 2.05) is 13.8 Å². The maximum atomic E-state index is 5.51. The molecule has 0 saturated heterocycles. The Morgan fingerprint density at radius 1 is 0.889 bits per heavy atom. The van der Waals surface area contributed by atoms with Gasteiger partial charge in [-0.3, -0.25) is 0 Å². The molecule has 0 aromatic carbocycles. The minimum atomic E-state index is 0.00877. The Kier molecular flexibility index (Phi) is 15.3. The van der Waals surface area contributed by atoms with Gasteiger partial charge in [0.1, 0.15) is 0 Å². The highest BCUT2D eigenvalue weighted by Crippen LogP contribution is 2.10. The van der Waals surface area contributed by atoms with E-state index < -0.39 is 0 Å². The van der Waals surface area contributed by atoms with Crippen LogP contribution in [0.15, 0.2) is 12.2 Å². The van der Waals surface area contributed by atoms with Gasteiger partial charge in [0.2, 0.25) is 0 Å². The first-order chi connectivity index (χ1) is 8.85. The number of halogens is 1. The van der Waals surface area contributed by atoms with Crippen LogP contribution in [-0.2, 0) is 9.47 Å². The highest BCUT2D eigenvalue weighted by atomic mass is 79.9. The number of allylic oxidation sites excluding steroid dienone is 2. The summed E-state index contributed by atoms with van der Waals surface area (Å²) >= 11 is 3.43. The summed E-state index contributed by atoms with van der Waals surface area (Å²) in [5.74, 6) is 0. The van der Waals surface area contributed by atoms with Gasteiger partial charge in [-0.2, -0.15) is 0 Å². The third-order valence-corrected chi connectivity index (χ3v) is 3.25. The summed E-state index contributed by atoms with van der Waals surface area (Å²) in [6, 6.07) is 0. The fourth-order valence-electron chi connectivity index (χ4n) is 1.77. The number of hydrogen-bond donors (Lipinski definition) is 0. The van der Waals surface area contributed by atoms with Crippen LogP contribution in [0.25, 0.3) is 0 Å². The molecule has 0 aliphatic heterocycles. The molecule has 0 amide bonds. The number of hydrogen-bond acceptors (Lipinski definition) is 2. The van der Waals surface area contributed by atoms with E-state index in [2.05, 4.69) is 28.1 Å². The molecule has 0 fully saturated rings. The molecule has 0 aliphatic rings. The van der Waals surface area contributed by atoms with E-state index in [9.17, 15) is 0 Å². The van der Waals surface area contributed by atoms with Gasteiger partial charge in [0.15, 0.2) is 6.29 Å². The second-order valence-corrected chi connectivity index (χ2v) is 5.07. The van der Waals surface area contributed by atoms with Gasteiger partial charge in [-0.05, 0) is 52.4 Å². The second kappa shape index (κ2) is 15.2. The smallest absolute Gasteiger partial charge is 0.157 e. The van der Waals surface area contributed by atoms with Crippen molar-refractivity contribution in [1.82, 2.24) is 0 Å². The molecular formula is C15H29BrO2. The summed E-state index contributed by atoms with van der Waals surface area (Å²) < 4.78 is 11.0. The fourth-order valence-corrected chi connectivity index (χ4v) is 2.09. The monoisotopic (exact) mass is 320 g/mol. The lowest BCUT2D eigenvalue weighted by Gasteiger charge is -2.16. The van der Waals surface area contributed by atoms with E-state index in [-0.39, 0.29) is 6.29 Å². The predicted octanol–water partition coefficient (Wildman–Crippen LogP) is 5.07. The lowest BCUT2D eigenvalue weighted by molar-refractivity contribution is -0.140. The van der Waals surface area contributed by atoms with E-state index in [1.54, 1.807) is 0 Å². The molecule has 0 bridgehead atoms. The van der Waals surface area contributed by atoms with Gasteiger partial charge in [-0.25, -0.2) is 0 Å². The van der Waals surface area contributed by atoms with Crippen molar-refractivity contribution in [2.75, 3.05) is 18.5 Å². The molecule has 0 aromatic rings. The van der Waals surface area contributed by atoms with Crippen molar-refractivity contribution in [3.8, 4) is 0 Å². The topological polar surface area (TPSA) is 18.5 Å². The summed E-state index contributed by atoms with van der Waals surface area (Å²) in [6.45, 7) is 5.51. The van der Waals surface area contributed by atoms with E-state index in [0.29, 0.717) is 0 Å². The van der Waals surface area contributed by atoms with Crippen LogP contribution in [0, 0.1) is 0 Å². The zero-order chi connectivity index (χ0) is 13.5. The maximum Gasteiger partial charge on any atom is 0.157 e. The van der Waals surface area contributed by atoms with Crippen molar-refractivity contribution < 1.29 is 9.47 Å². The van der Waals surface area contributed by atoms with Crippen LogP contribution in [0.5, 0.6) is 0 Å². The van der Waals surface area contributed by atoms with Crippen molar-refractivity contribution >= 4 is 15.9 Å². The van der Waals surface area contributed by atoms with Crippen LogP contribution in [-0.4, -0.2) is 24.8 Å². The Bertz CT molecular complexity index is 177. The normalized spacial score (nSPS) is 11.8. The maximum absolute atomic E-state index is 5.51. The Morgan fingerprint density at radius 2 is 1.50 bits per heavy atom.